The molecule has 2 fully saturated rings. The summed E-state index contributed by atoms with van der Waals surface area (Å²) in [4.78, 5) is 9.78. The SMILES string of the molecule is CCNC(=NCCCN1CCC(O)CC1)N1CCC(CC(C)C)C1. The van der Waals surface area contributed by atoms with Crippen LogP contribution < -0.4 is 5.32 Å². The highest BCUT2D eigenvalue weighted by molar-refractivity contribution is 5.80. The normalized spacial score (nSPS) is 24.1. The van der Waals surface area contributed by atoms with Gasteiger partial charge >= 0.3 is 0 Å². The number of aliphatic hydroxyl groups is 1. The minimum absolute atomic E-state index is 0.0754. The molecule has 0 aromatic carbocycles. The summed E-state index contributed by atoms with van der Waals surface area (Å²) in [5.74, 6) is 2.73. The molecule has 5 nitrogen and oxygen atoms in total. The van der Waals surface area contributed by atoms with E-state index in [0.717, 1.165) is 82.9 Å². The molecule has 0 radical (unpaired) electrons. The van der Waals surface area contributed by atoms with Crippen LogP contribution in [0.1, 0.15) is 52.9 Å². The third-order valence-corrected chi connectivity index (χ3v) is 5.18. The molecule has 0 saturated carbocycles. The Kier molecular flexibility index (Phi) is 8.33. The average molecular weight is 339 g/mol. The van der Waals surface area contributed by atoms with Crippen LogP contribution in [0.5, 0.6) is 0 Å². The number of hydrogen-bond donors (Lipinski definition) is 2. The van der Waals surface area contributed by atoms with E-state index in [4.69, 9.17) is 4.99 Å². The first-order valence-corrected chi connectivity index (χ1v) is 10.0. The van der Waals surface area contributed by atoms with E-state index in [1.165, 1.54) is 12.8 Å². The Bertz CT molecular complexity index is 378. The Balaban J connectivity index is 1.72. The maximum absolute atomic E-state index is 9.57. The lowest BCUT2D eigenvalue weighted by Gasteiger charge is -2.29. The van der Waals surface area contributed by atoms with Gasteiger partial charge in [0.1, 0.15) is 0 Å². The zero-order chi connectivity index (χ0) is 17.4. The molecule has 0 aliphatic carbocycles. The van der Waals surface area contributed by atoms with Crippen LogP contribution in [-0.2, 0) is 0 Å². The molecule has 2 saturated heterocycles. The second-order valence-electron chi connectivity index (χ2n) is 7.89. The highest BCUT2D eigenvalue weighted by Crippen LogP contribution is 2.23. The number of hydrogen-bond acceptors (Lipinski definition) is 3. The van der Waals surface area contributed by atoms with E-state index in [0.29, 0.717) is 0 Å². The van der Waals surface area contributed by atoms with Crippen molar-refractivity contribution >= 4 is 5.96 Å². The van der Waals surface area contributed by atoms with Crippen LogP contribution in [0.25, 0.3) is 0 Å². The summed E-state index contributed by atoms with van der Waals surface area (Å²) in [6.45, 7) is 14.1. The fourth-order valence-electron chi connectivity index (χ4n) is 3.93. The van der Waals surface area contributed by atoms with E-state index < -0.39 is 0 Å². The zero-order valence-electron chi connectivity index (χ0n) is 16.0. The van der Waals surface area contributed by atoms with E-state index in [-0.39, 0.29) is 6.10 Å². The summed E-state index contributed by atoms with van der Waals surface area (Å²) in [7, 11) is 0. The standard InChI is InChI=1S/C19H38N4O/c1-4-20-19(23-13-6-17(15-23)14-16(2)3)21-9-5-10-22-11-7-18(24)8-12-22/h16-18,24H,4-15H2,1-3H3,(H,20,21). The van der Waals surface area contributed by atoms with Crippen LogP contribution in [0.4, 0.5) is 0 Å². The molecule has 5 heteroatoms. The maximum Gasteiger partial charge on any atom is 0.193 e. The van der Waals surface area contributed by atoms with Crippen molar-refractivity contribution in [3.8, 4) is 0 Å². The molecule has 2 N–H and O–H groups in total. The van der Waals surface area contributed by atoms with E-state index >= 15 is 0 Å². The Morgan fingerprint density at radius 1 is 1.21 bits per heavy atom. The third kappa shape index (κ3) is 6.60. The van der Waals surface area contributed by atoms with E-state index in [2.05, 4.69) is 35.9 Å². The highest BCUT2D eigenvalue weighted by Gasteiger charge is 2.25. The molecule has 0 aromatic heterocycles. The van der Waals surface area contributed by atoms with Crippen LogP contribution in [0.3, 0.4) is 0 Å². The number of likely N-dealkylation sites (tertiary alicyclic amines) is 2. The molecule has 0 bridgehead atoms. The lowest BCUT2D eigenvalue weighted by atomic mass is 9.97. The quantitative estimate of drug-likeness (QED) is 0.424. The van der Waals surface area contributed by atoms with E-state index in [1.807, 2.05) is 0 Å². The van der Waals surface area contributed by atoms with Crippen molar-refractivity contribution in [2.75, 3.05) is 45.8 Å². The van der Waals surface area contributed by atoms with Crippen LogP contribution in [0, 0.1) is 11.8 Å². The highest BCUT2D eigenvalue weighted by atomic mass is 16.3. The monoisotopic (exact) mass is 338 g/mol. The van der Waals surface area contributed by atoms with Gasteiger partial charge in [-0.2, -0.15) is 0 Å². The molecule has 140 valence electrons. The summed E-state index contributed by atoms with van der Waals surface area (Å²) in [5, 5.41) is 13.0. The predicted molar refractivity (Wildman–Crippen MR) is 101 cm³/mol. The van der Waals surface area contributed by atoms with Gasteiger partial charge in [0.05, 0.1) is 6.10 Å². The number of piperidine rings is 1. The second kappa shape index (κ2) is 10.2. The lowest BCUT2D eigenvalue weighted by Crippen LogP contribution is -2.40. The van der Waals surface area contributed by atoms with Gasteiger partial charge in [-0.1, -0.05) is 13.8 Å². The van der Waals surface area contributed by atoms with Gasteiger partial charge in [-0.25, -0.2) is 0 Å². The van der Waals surface area contributed by atoms with Crippen molar-refractivity contribution in [2.45, 2.75) is 59.0 Å². The van der Waals surface area contributed by atoms with Gasteiger partial charge in [-0.15, -0.1) is 0 Å². The molecular formula is C19H38N4O. The largest absolute Gasteiger partial charge is 0.393 e. The zero-order valence-corrected chi connectivity index (χ0v) is 16.0. The fourth-order valence-corrected chi connectivity index (χ4v) is 3.93. The Hall–Kier alpha value is -0.810. The summed E-state index contributed by atoms with van der Waals surface area (Å²) in [6.07, 6.45) is 5.52. The lowest BCUT2D eigenvalue weighted by molar-refractivity contribution is 0.0824. The van der Waals surface area contributed by atoms with Crippen molar-refractivity contribution in [1.29, 1.82) is 0 Å². The first-order valence-electron chi connectivity index (χ1n) is 10.0. The predicted octanol–water partition coefficient (Wildman–Crippen LogP) is 2.17. The molecule has 24 heavy (non-hydrogen) atoms. The molecule has 2 aliphatic heterocycles. The summed E-state index contributed by atoms with van der Waals surface area (Å²) >= 11 is 0. The third-order valence-electron chi connectivity index (χ3n) is 5.18. The van der Waals surface area contributed by atoms with Gasteiger partial charge in [0.15, 0.2) is 5.96 Å². The van der Waals surface area contributed by atoms with Crippen LogP contribution >= 0.6 is 0 Å². The summed E-state index contributed by atoms with van der Waals surface area (Å²) in [5.41, 5.74) is 0. The van der Waals surface area contributed by atoms with Crippen LogP contribution in [-0.4, -0.2) is 72.8 Å². The molecule has 2 heterocycles. The topological polar surface area (TPSA) is 51.1 Å². The second-order valence-corrected chi connectivity index (χ2v) is 7.89. The van der Waals surface area contributed by atoms with Crippen molar-refractivity contribution in [3.63, 3.8) is 0 Å². The van der Waals surface area contributed by atoms with Crippen LogP contribution in [0.15, 0.2) is 4.99 Å². The molecule has 1 atom stereocenters. The molecule has 0 aromatic rings. The number of aliphatic imine (C=N–C) groups is 1. The summed E-state index contributed by atoms with van der Waals surface area (Å²) < 4.78 is 0. The first kappa shape index (κ1) is 19.5. The van der Waals surface area contributed by atoms with Crippen molar-refractivity contribution in [3.05, 3.63) is 0 Å². The van der Waals surface area contributed by atoms with Gasteiger partial charge in [0.25, 0.3) is 0 Å². The summed E-state index contributed by atoms with van der Waals surface area (Å²) in [6, 6.07) is 0. The Labute approximate surface area is 148 Å². The minimum atomic E-state index is -0.0754. The molecule has 0 amide bonds. The molecule has 2 rings (SSSR count). The van der Waals surface area contributed by atoms with Crippen molar-refractivity contribution < 1.29 is 5.11 Å². The van der Waals surface area contributed by atoms with E-state index in [9.17, 15) is 5.11 Å². The van der Waals surface area contributed by atoms with E-state index in [1.54, 1.807) is 0 Å². The number of guanidine groups is 1. The molecule has 0 spiro atoms. The van der Waals surface area contributed by atoms with Crippen LogP contribution in [0.2, 0.25) is 0 Å². The fraction of sp³-hybridized carbons (Fsp3) is 0.947. The smallest absolute Gasteiger partial charge is 0.193 e. The number of nitrogens with zero attached hydrogens (tertiary/aromatic N) is 3. The van der Waals surface area contributed by atoms with Gasteiger partial charge in [-0.3, -0.25) is 4.99 Å². The van der Waals surface area contributed by atoms with Gasteiger partial charge in [-0.05, 0) is 57.4 Å². The molecule has 1 unspecified atom stereocenters. The number of nitrogens with one attached hydrogen (secondary N) is 1. The van der Waals surface area contributed by atoms with Gasteiger partial charge < -0.3 is 20.2 Å². The average Bonchev–Trinajstić information content (AvgIpc) is 2.99. The first-order chi connectivity index (χ1) is 11.6. The van der Waals surface area contributed by atoms with Crippen molar-refractivity contribution in [2.24, 2.45) is 16.8 Å². The van der Waals surface area contributed by atoms with Crippen molar-refractivity contribution in [1.82, 2.24) is 15.1 Å². The van der Waals surface area contributed by atoms with Gasteiger partial charge in [0.2, 0.25) is 0 Å². The Morgan fingerprint density at radius 2 is 1.96 bits per heavy atom. The Morgan fingerprint density at radius 3 is 2.62 bits per heavy atom. The molecular weight excluding hydrogens is 300 g/mol. The molecule has 2 aliphatic rings. The van der Waals surface area contributed by atoms with Gasteiger partial charge in [0, 0.05) is 39.3 Å². The minimum Gasteiger partial charge on any atom is -0.393 e. The number of aliphatic hydroxyl groups excluding tert-OH is 1. The number of rotatable bonds is 7. The maximum atomic E-state index is 9.57.